The van der Waals surface area contributed by atoms with E-state index >= 15 is 0 Å². The lowest BCUT2D eigenvalue weighted by Crippen LogP contribution is -2.07. The van der Waals surface area contributed by atoms with Crippen LogP contribution < -0.4 is 0 Å². The predicted molar refractivity (Wildman–Crippen MR) is 66.2 cm³/mol. The molecule has 0 amide bonds. The summed E-state index contributed by atoms with van der Waals surface area (Å²) >= 11 is 0. The Morgan fingerprint density at radius 3 is 1.65 bits per heavy atom. The third kappa shape index (κ3) is 1.97. The largest absolute Gasteiger partial charge is 0.255 e. The molecule has 0 saturated heterocycles. The molecule has 82 valence electrons. The van der Waals surface area contributed by atoms with Gasteiger partial charge in [-0.2, -0.15) is 10.2 Å². The van der Waals surface area contributed by atoms with E-state index in [4.69, 9.17) is 0 Å². The molecular formula is C13H10N4. The lowest BCUT2D eigenvalue weighted by atomic mass is 10.1. The molecule has 1 aliphatic heterocycles. The lowest BCUT2D eigenvalue weighted by Gasteiger charge is -1.99. The number of nitrogens with zero attached hydrogens (tertiary/aromatic N) is 4. The van der Waals surface area contributed by atoms with Gasteiger partial charge in [0.25, 0.3) is 0 Å². The normalized spacial score (nSPS) is 14.4. The SMILES string of the molecule is c1ccc(C2=NN=C(c3ccccn3)C2)nc1. The summed E-state index contributed by atoms with van der Waals surface area (Å²) in [5.41, 5.74) is 3.54. The van der Waals surface area contributed by atoms with Crippen molar-refractivity contribution in [1.82, 2.24) is 9.97 Å². The fraction of sp³-hybridized carbons (Fsp3) is 0.0769. The van der Waals surface area contributed by atoms with Gasteiger partial charge in [0, 0.05) is 18.8 Å². The van der Waals surface area contributed by atoms with Crippen LogP contribution in [-0.4, -0.2) is 21.4 Å². The van der Waals surface area contributed by atoms with E-state index in [1.165, 1.54) is 0 Å². The third-order valence-electron chi connectivity index (χ3n) is 2.55. The van der Waals surface area contributed by atoms with E-state index in [1.54, 1.807) is 12.4 Å². The van der Waals surface area contributed by atoms with Crippen molar-refractivity contribution < 1.29 is 0 Å². The van der Waals surface area contributed by atoms with Crippen molar-refractivity contribution >= 4 is 11.4 Å². The molecule has 0 N–H and O–H groups in total. The van der Waals surface area contributed by atoms with Gasteiger partial charge in [-0.25, -0.2) is 0 Å². The van der Waals surface area contributed by atoms with Crippen molar-refractivity contribution in [2.75, 3.05) is 0 Å². The molecule has 4 nitrogen and oxygen atoms in total. The second kappa shape index (κ2) is 4.25. The summed E-state index contributed by atoms with van der Waals surface area (Å²) in [5, 5.41) is 8.33. The Morgan fingerprint density at radius 1 is 0.706 bits per heavy atom. The van der Waals surface area contributed by atoms with Crippen molar-refractivity contribution in [2.24, 2.45) is 10.2 Å². The molecule has 0 atom stereocenters. The molecule has 0 radical (unpaired) electrons. The van der Waals surface area contributed by atoms with Gasteiger partial charge in [-0.05, 0) is 24.3 Å². The van der Waals surface area contributed by atoms with Crippen molar-refractivity contribution in [3.8, 4) is 0 Å². The van der Waals surface area contributed by atoms with Crippen LogP contribution in [0.15, 0.2) is 59.0 Å². The van der Waals surface area contributed by atoms with Crippen LogP contribution in [0.2, 0.25) is 0 Å². The van der Waals surface area contributed by atoms with E-state index in [-0.39, 0.29) is 0 Å². The summed E-state index contributed by atoms with van der Waals surface area (Å²) < 4.78 is 0. The number of hydrogen-bond acceptors (Lipinski definition) is 4. The van der Waals surface area contributed by atoms with E-state index < -0.39 is 0 Å². The van der Waals surface area contributed by atoms with Gasteiger partial charge in [0.1, 0.15) is 0 Å². The summed E-state index contributed by atoms with van der Waals surface area (Å²) in [6, 6.07) is 11.6. The second-order valence-electron chi connectivity index (χ2n) is 3.70. The van der Waals surface area contributed by atoms with Gasteiger partial charge in [-0.15, -0.1) is 0 Å². The maximum absolute atomic E-state index is 4.26. The Labute approximate surface area is 98.8 Å². The van der Waals surface area contributed by atoms with Crippen molar-refractivity contribution in [3.63, 3.8) is 0 Å². The Morgan fingerprint density at radius 2 is 1.24 bits per heavy atom. The molecule has 0 aromatic carbocycles. The highest BCUT2D eigenvalue weighted by molar-refractivity contribution is 6.19. The number of aromatic nitrogens is 2. The minimum Gasteiger partial charge on any atom is -0.255 e. The number of hydrogen-bond donors (Lipinski definition) is 0. The van der Waals surface area contributed by atoms with Crippen LogP contribution in [0.3, 0.4) is 0 Å². The van der Waals surface area contributed by atoms with Crippen LogP contribution in [0.25, 0.3) is 0 Å². The van der Waals surface area contributed by atoms with Gasteiger partial charge >= 0.3 is 0 Å². The monoisotopic (exact) mass is 222 g/mol. The molecule has 3 heterocycles. The molecule has 0 bridgehead atoms. The highest BCUT2D eigenvalue weighted by Gasteiger charge is 2.17. The molecule has 0 saturated carbocycles. The second-order valence-corrected chi connectivity index (χ2v) is 3.70. The van der Waals surface area contributed by atoms with Gasteiger partial charge in [0.05, 0.1) is 22.8 Å². The molecule has 4 heteroatoms. The molecule has 0 fully saturated rings. The highest BCUT2D eigenvalue weighted by atomic mass is 15.2. The van der Waals surface area contributed by atoms with Crippen molar-refractivity contribution in [2.45, 2.75) is 6.42 Å². The van der Waals surface area contributed by atoms with Crippen LogP contribution in [0.1, 0.15) is 17.8 Å². The zero-order chi connectivity index (χ0) is 11.5. The Bertz CT molecular complexity index is 519. The first-order chi connectivity index (χ1) is 8.43. The Balaban J connectivity index is 1.81. The van der Waals surface area contributed by atoms with Gasteiger partial charge in [-0.3, -0.25) is 9.97 Å². The maximum Gasteiger partial charge on any atom is 0.0947 e. The van der Waals surface area contributed by atoms with Crippen LogP contribution in [0.5, 0.6) is 0 Å². The minimum atomic E-state index is 0.689. The average Bonchev–Trinajstić information content (AvgIpc) is 2.90. The summed E-state index contributed by atoms with van der Waals surface area (Å²) in [5.74, 6) is 0. The predicted octanol–water partition coefficient (Wildman–Crippen LogP) is 2.07. The fourth-order valence-corrected chi connectivity index (χ4v) is 1.70. The summed E-state index contributed by atoms with van der Waals surface area (Å²) in [4.78, 5) is 8.53. The zero-order valence-electron chi connectivity index (χ0n) is 9.11. The first-order valence-corrected chi connectivity index (χ1v) is 5.40. The fourth-order valence-electron chi connectivity index (χ4n) is 1.70. The first kappa shape index (κ1) is 9.84. The van der Waals surface area contributed by atoms with Crippen LogP contribution >= 0.6 is 0 Å². The number of rotatable bonds is 2. The standard InChI is InChI=1S/C13H10N4/c1-3-7-14-10(5-1)12-9-13(17-16-12)11-6-2-4-8-15-11/h1-8H,9H2. The smallest absolute Gasteiger partial charge is 0.0947 e. The van der Waals surface area contributed by atoms with E-state index in [9.17, 15) is 0 Å². The molecule has 0 aliphatic carbocycles. The summed E-state index contributed by atoms with van der Waals surface area (Å²) in [7, 11) is 0. The van der Waals surface area contributed by atoms with E-state index in [1.807, 2.05) is 36.4 Å². The topological polar surface area (TPSA) is 50.5 Å². The zero-order valence-corrected chi connectivity index (χ0v) is 9.11. The third-order valence-corrected chi connectivity index (χ3v) is 2.55. The number of pyridine rings is 2. The minimum absolute atomic E-state index is 0.689. The van der Waals surface area contributed by atoms with E-state index in [2.05, 4.69) is 20.2 Å². The van der Waals surface area contributed by atoms with Gasteiger partial charge in [-0.1, -0.05) is 12.1 Å². The van der Waals surface area contributed by atoms with Crippen LogP contribution in [-0.2, 0) is 0 Å². The maximum atomic E-state index is 4.26. The van der Waals surface area contributed by atoms with Gasteiger partial charge < -0.3 is 0 Å². The molecule has 17 heavy (non-hydrogen) atoms. The van der Waals surface area contributed by atoms with Crippen molar-refractivity contribution in [3.05, 3.63) is 60.2 Å². The molecule has 0 unspecified atom stereocenters. The highest BCUT2D eigenvalue weighted by Crippen LogP contribution is 2.13. The summed E-state index contributed by atoms with van der Waals surface area (Å²) in [6.45, 7) is 0. The molecule has 1 aliphatic rings. The lowest BCUT2D eigenvalue weighted by molar-refractivity contribution is 1.22. The summed E-state index contributed by atoms with van der Waals surface area (Å²) in [6.07, 6.45) is 4.21. The van der Waals surface area contributed by atoms with E-state index in [0.29, 0.717) is 6.42 Å². The van der Waals surface area contributed by atoms with Crippen LogP contribution in [0, 0.1) is 0 Å². The quantitative estimate of drug-likeness (QED) is 0.781. The molecular weight excluding hydrogens is 212 g/mol. The Hall–Kier alpha value is -2.36. The molecule has 2 aromatic heterocycles. The molecule has 3 rings (SSSR count). The van der Waals surface area contributed by atoms with Gasteiger partial charge in [0.2, 0.25) is 0 Å². The average molecular weight is 222 g/mol. The van der Waals surface area contributed by atoms with Crippen LogP contribution in [0.4, 0.5) is 0 Å². The Kier molecular flexibility index (Phi) is 2.46. The van der Waals surface area contributed by atoms with E-state index in [0.717, 1.165) is 22.8 Å². The van der Waals surface area contributed by atoms with Gasteiger partial charge in [0.15, 0.2) is 0 Å². The van der Waals surface area contributed by atoms with Crippen molar-refractivity contribution in [1.29, 1.82) is 0 Å². The molecule has 2 aromatic rings. The molecule has 0 spiro atoms. The first-order valence-electron chi connectivity index (χ1n) is 5.40.